The summed E-state index contributed by atoms with van der Waals surface area (Å²) in [5.74, 6) is -1.05. The molecule has 0 saturated carbocycles. The Morgan fingerprint density at radius 1 is 1.15 bits per heavy atom. The van der Waals surface area contributed by atoms with Crippen molar-refractivity contribution in [2.45, 2.75) is 39.2 Å². The minimum Gasteiger partial charge on any atom is -0.480 e. The minimum atomic E-state index is -1.26. The summed E-state index contributed by atoms with van der Waals surface area (Å²) >= 11 is 0. The van der Waals surface area contributed by atoms with E-state index in [2.05, 4.69) is 5.32 Å². The zero-order valence-electron chi connectivity index (χ0n) is 12.3. The molecule has 0 aromatic carbocycles. The van der Waals surface area contributed by atoms with Gasteiger partial charge in [-0.05, 0) is 19.8 Å². The molecular weight excluding hydrogens is 262 g/mol. The molecule has 7 nitrogen and oxygen atoms in total. The van der Waals surface area contributed by atoms with Crippen LogP contribution in [0.5, 0.6) is 0 Å². The molecule has 0 spiro atoms. The maximum atomic E-state index is 12.2. The molecule has 1 aliphatic heterocycles. The quantitative estimate of drug-likeness (QED) is 0.790. The third kappa shape index (κ3) is 3.85. The molecule has 1 atom stereocenters. The van der Waals surface area contributed by atoms with Crippen molar-refractivity contribution in [2.75, 3.05) is 26.2 Å². The second-order valence-electron chi connectivity index (χ2n) is 5.27. The lowest BCUT2D eigenvalue weighted by Crippen LogP contribution is -2.56. The Morgan fingerprint density at radius 2 is 1.70 bits per heavy atom. The van der Waals surface area contributed by atoms with Gasteiger partial charge in [0.25, 0.3) is 0 Å². The number of carboxylic acid groups (broad SMARTS) is 1. The van der Waals surface area contributed by atoms with E-state index in [1.165, 1.54) is 13.8 Å². The number of carbonyl (C=O) groups excluding carboxylic acids is 2. The standard InChI is InChI=1S/C13H23N3O4/c1-4-13(3,11(18)19)14-12(20)16-7-5-6-15(8-9-16)10(2)17/h4-9H2,1-3H3,(H,14,20)(H,18,19). The van der Waals surface area contributed by atoms with Crippen LogP contribution >= 0.6 is 0 Å². The van der Waals surface area contributed by atoms with Crippen molar-refractivity contribution in [2.24, 2.45) is 0 Å². The Morgan fingerprint density at radius 3 is 2.20 bits per heavy atom. The maximum Gasteiger partial charge on any atom is 0.329 e. The molecule has 7 heteroatoms. The topological polar surface area (TPSA) is 90.0 Å². The van der Waals surface area contributed by atoms with Crippen molar-refractivity contribution in [3.8, 4) is 0 Å². The molecule has 20 heavy (non-hydrogen) atoms. The Kier molecular flexibility index (Phi) is 5.35. The summed E-state index contributed by atoms with van der Waals surface area (Å²) in [4.78, 5) is 37.9. The van der Waals surface area contributed by atoms with Crippen molar-refractivity contribution in [3.63, 3.8) is 0 Å². The van der Waals surface area contributed by atoms with E-state index in [1.807, 2.05) is 0 Å². The van der Waals surface area contributed by atoms with Crippen LogP contribution in [-0.4, -0.2) is 64.5 Å². The van der Waals surface area contributed by atoms with Crippen molar-refractivity contribution < 1.29 is 19.5 Å². The normalized spacial score (nSPS) is 18.9. The van der Waals surface area contributed by atoms with Gasteiger partial charge in [-0.3, -0.25) is 4.79 Å². The molecule has 2 N–H and O–H groups in total. The van der Waals surface area contributed by atoms with Crippen LogP contribution in [0.15, 0.2) is 0 Å². The first-order valence-electron chi connectivity index (χ1n) is 6.86. The number of hydrogen-bond acceptors (Lipinski definition) is 3. The van der Waals surface area contributed by atoms with Crippen LogP contribution in [0.4, 0.5) is 4.79 Å². The van der Waals surface area contributed by atoms with Gasteiger partial charge in [0.05, 0.1) is 0 Å². The highest BCUT2D eigenvalue weighted by Crippen LogP contribution is 2.11. The number of carbonyl (C=O) groups is 3. The molecule has 1 aliphatic rings. The molecule has 1 rings (SSSR count). The van der Waals surface area contributed by atoms with Crippen LogP contribution in [0.2, 0.25) is 0 Å². The first-order chi connectivity index (χ1) is 9.30. The van der Waals surface area contributed by atoms with Gasteiger partial charge in [0, 0.05) is 33.1 Å². The van der Waals surface area contributed by atoms with Gasteiger partial charge in [0.1, 0.15) is 5.54 Å². The molecule has 0 aromatic rings. The number of amides is 3. The fourth-order valence-electron chi connectivity index (χ4n) is 2.04. The number of urea groups is 1. The maximum absolute atomic E-state index is 12.2. The van der Waals surface area contributed by atoms with Gasteiger partial charge >= 0.3 is 12.0 Å². The summed E-state index contributed by atoms with van der Waals surface area (Å²) < 4.78 is 0. The fraction of sp³-hybridized carbons (Fsp3) is 0.769. The van der Waals surface area contributed by atoms with Crippen molar-refractivity contribution in [1.29, 1.82) is 0 Å². The summed E-state index contributed by atoms with van der Waals surface area (Å²) in [6.07, 6.45) is 1.00. The zero-order valence-corrected chi connectivity index (χ0v) is 12.3. The van der Waals surface area contributed by atoms with E-state index >= 15 is 0 Å². The smallest absolute Gasteiger partial charge is 0.329 e. The number of nitrogens with zero attached hydrogens (tertiary/aromatic N) is 2. The van der Waals surface area contributed by atoms with Gasteiger partial charge in [0.15, 0.2) is 0 Å². The molecular formula is C13H23N3O4. The molecule has 1 saturated heterocycles. The Hall–Kier alpha value is -1.79. The lowest BCUT2D eigenvalue weighted by atomic mass is 10.00. The molecule has 1 unspecified atom stereocenters. The Bertz CT molecular complexity index is 399. The van der Waals surface area contributed by atoms with E-state index in [-0.39, 0.29) is 11.9 Å². The minimum absolute atomic E-state index is 0.00353. The molecule has 0 aliphatic carbocycles. The van der Waals surface area contributed by atoms with Crippen LogP contribution in [0.3, 0.4) is 0 Å². The second kappa shape index (κ2) is 6.58. The van der Waals surface area contributed by atoms with Gasteiger partial charge in [0.2, 0.25) is 5.91 Å². The van der Waals surface area contributed by atoms with E-state index in [9.17, 15) is 14.4 Å². The van der Waals surface area contributed by atoms with Gasteiger partial charge in [-0.1, -0.05) is 6.92 Å². The highest BCUT2D eigenvalue weighted by Gasteiger charge is 2.34. The monoisotopic (exact) mass is 285 g/mol. The SMILES string of the molecule is CCC(C)(NC(=O)N1CCCN(C(C)=O)CC1)C(=O)O. The number of hydrogen-bond donors (Lipinski definition) is 2. The predicted octanol–water partition coefficient (Wildman–Crippen LogP) is 0.504. The van der Waals surface area contributed by atoms with Crippen molar-refractivity contribution >= 4 is 17.9 Å². The van der Waals surface area contributed by atoms with Crippen molar-refractivity contribution in [3.05, 3.63) is 0 Å². The molecule has 0 radical (unpaired) electrons. The highest BCUT2D eigenvalue weighted by molar-refractivity contribution is 5.85. The summed E-state index contributed by atoms with van der Waals surface area (Å²) in [5.41, 5.74) is -1.26. The number of rotatable bonds is 3. The zero-order chi connectivity index (χ0) is 15.3. The van der Waals surface area contributed by atoms with Crippen molar-refractivity contribution in [1.82, 2.24) is 15.1 Å². The average molecular weight is 285 g/mol. The number of nitrogens with one attached hydrogen (secondary N) is 1. The summed E-state index contributed by atoms with van der Waals surface area (Å²) in [6, 6.07) is -0.387. The average Bonchev–Trinajstić information content (AvgIpc) is 2.64. The largest absolute Gasteiger partial charge is 0.480 e. The Labute approximate surface area is 118 Å². The highest BCUT2D eigenvalue weighted by atomic mass is 16.4. The van der Waals surface area contributed by atoms with Crippen LogP contribution in [0, 0.1) is 0 Å². The van der Waals surface area contributed by atoms with Gasteiger partial charge < -0.3 is 20.2 Å². The van der Waals surface area contributed by atoms with E-state index < -0.39 is 11.5 Å². The fourth-order valence-corrected chi connectivity index (χ4v) is 2.04. The van der Waals surface area contributed by atoms with Crippen LogP contribution in [0.1, 0.15) is 33.6 Å². The van der Waals surface area contributed by atoms with Gasteiger partial charge in [-0.25, -0.2) is 9.59 Å². The van der Waals surface area contributed by atoms with Gasteiger partial charge in [-0.15, -0.1) is 0 Å². The number of carboxylic acids is 1. The lowest BCUT2D eigenvalue weighted by Gasteiger charge is -2.29. The third-order valence-corrected chi connectivity index (χ3v) is 3.79. The molecule has 0 aromatic heterocycles. The van der Waals surface area contributed by atoms with Crippen LogP contribution in [-0.2, 0) is 9.59 Å². The molecule has 3 amide bonds. The van der Waals surface area contributed by atoms with Crippen LogP contribution < -0.4 is 5.32 Å². The van der Waals surface area contributed by atoms with E-state index in [0.717, 1.165) is 0 Å². The third-order valence-electron chi connectivity index (χ3n) is 3.79. The second-order valence-corrected chi connectivity index (χ2v) is 5.27. The summed E-state index contributed by atoms with van der Waals surface area (Å²) in [7, 11) is 0. The van der Waals surface area contributed by atoms with E-state index in [0.29, 0.717) is 39.0 Å². The molecule has 0 bridgehead atoms. The molecule has 1 fully saturated rings. The van der Waals surface area contributed by atoms with Gasteiger partial charge in [-0.2, -0.15) is 0 Å². The van der Waals surface area contributed by atoms with E-state index in [4.69, 9.17) is 5.11 Å². The predicted molar refractivity (Wildman–Crippen MR) is 73.3 cm³/mol. The first kappa shape index (κ1) is 16.3. The molecule has 1 heterocycles. The van der Waals surface area contributed by atoms with Crippen LogP contribution in [0.25, 0.3) is 0 Å². The Balaban J connectivity index is 2.64. The summed E-state index contributed by atoms with van der Waals surface area (Å²) in [6.45, 7) is 6.77. The lowest BCUT2D eigenvalue weighted by molar-refractivity contribution is -0.143. The van der Waals surface area contributed by atoms with E-state index in [1.54, 1.807) is 16.7 Å². The summed E-state index contributed by atoms with van der Waals surface area (Å²) in [5, 5.41) is 11.7. The first-order valence-corrected chi connectivity index (χ1v) is 6.86. The molecule has 114 valence electrons. The number of aliphatic carboxylic acids is 1.